The largest absolute Gasteiger partial charge is 0.416 e. The molecule has 0 fully saturated rings. The average molecular weight is 746 g/mol. The number of hydrogen-bond donors (Lipinski definition) is 0. The van der Waals surface area contributed by atoms with Gasteiger partial charge in [-0.15, -0.1) is 0 Å². The molecule has 0 saturated heterocycles. The molecule has 1 nitrogen and oxygen atoms in total. The number of fused-ring (bicyclic) bond motifs is 6. The van der Waals surface area contributed by atoms with Crippen LogP contribution in [0.4, 0.5) is 30.2 Å². The van der Waals surface area contributed by atoms with Gasteiger partial charge in [0.1, 0.15) is 0 Å². The van der Waals surface area contributed by atoms with Crippen LogP contribution in [-0.4, -0.2) is 0 Å². The fourth-order valence-corrected chi connectivity index (χ4v) is 9.50. The zero-order valence-electron chi connectivity index (χ0n) is 31.6. The predicted molar refractivity (Wildman–Crippen MR) is 226 cm³/mol. The molecular weight excluding hydrogens is 708 g/mol. The van der Waals surface area contributed by atoms with Gasteiger partial charge in [0.05, 0.1) is 11.0 Å². The van der Waals surface area contributed by atoms with Gasteiger partial charge in [-0.1, -0.05) is 159 Å². The number of benzene rings is 8. The van der Waals surface area contributed by atoms with Crippen molar-refractivity contribution >= 4 is 17.1 Å². The van der Waals surface area contributed by atoms with Crippen LogP contribution >= 0.6 is 0 Å². The molecule has 0 heterocycles. The highest BCUT2D eigenvalue weighted by molar-refractivity contribution is 5.91. The van der Waals surface area contributed by atoms with Crippen molar-refractivity contribution in [3.05, 3.63) is 233 Å². The minimum atomic E-state index is -4.44. The maximum absolute atomic E-state index is 14.0. The fourth-order valence-electron chi connectivity index (χ4n) is 9.50. The second-order valence-electron chi connectivity index (χ2n) is 15.6. The lowest BCUT2D eigenvalue weighted by Gasteiger charge is -2.35. The standard InChI is InChI=1S/C53H38F3N/c1-51(2)47-19-11-9-17-43(47)45-31-29-41(33-49(45)51)57(40-27-21-36(22-28-40)35-13-5-3-6-14-35)42-30-32-46-44-18-10-12-20-48(44)52(50(46)34-42,37-15-7-4-8-16-37)38-23-25-39(26-24-38)53(54,55)56/h3-34H,1-2H3. The summed E-state index contributed by atoms with van der Waals surface area (Å²) in [6.45, 7) is 4.59. The monoisotopic (exact) mass is 745 g/mol. The van der Waals surface area contributed by atoms with E-state index >= 15 is 0 Å². The lowest BCUT2D eigenvalue weighted by atomic mass is 9.67. The highest BCUT2D eigenvalue weighted by Crippen LogP contribution is 2.58. The molecule has 4 heteroatoms. The Morgan fingerprint density at radius 2 is 0.842 bits per heavy atom. The van der Waals surface area contributed by atoms with E-state index in [1.54, 1.807) is 12.1 Å². The normalized spacial score (nSPS) is 16.0. The third-order valence-corrected chi connectivity index (χ3v) is 12.2. The molecule has 0 spiro atoms. The van der Waals surface area contributed by atoms with E-state index in [0.29, 0.717) is 0 Å². The number of hydrogen-bond acceptors (Lipinski definition) is 1. The summed E-state index contributed by atoms with van der Waals surface area (Å²) in [4.78, 5) is 2.32. The summed E-state index contributed by atoms with van der Waals surface area (Å²) in [6.07, 6.45) is -4.44. The Labute approximate surface area is 331 Å². The van der Waals surface area contributed by atoms with Gasteiger partial charge in [0.15, 0.2) is 0 Å². The van der Waals surface area contributed by atoms with E-state index in [1.807, 2.05) is 36.4 Å². The Morgan fingerprint density at radius 1 is 0.386 bits per heavy atom. The van der Waals surface area contributed by atoms with Crippen molar-refractivity contribution in [1.82, 2.24) is 0 Å². The van der Waals surface area contributed by atoms with E-state index in [4.69, 9.17) is 0 Å². The molecule has 10 rings (SSSR count). The minimum absolute atomic E-state index is 0.199. The van der Waals surface area contributed by atoms with Crippen LogP contribution in [0.15, 0.2) is 194 Å². The van der Waals surface area contributed by atoms with Crippen molar-refractivity contribution in [1.29, 1.82) is 0 Å². The summed E-state index contributed by atoms with van der Waals surface area (Å²) < 4.78 is 41.9. The molecular formula is C53H38F3N. The van der Waals surface area contributed by atoms with Gasteiger partial charge in [0.25, 0.3) is 0 Å². The van der Waals surface area contributed by atoms with Gasteiger partial charge >= 0.3 is 6.18 Å². The Bertz CT molecular complexity index is 2790. The van der Waals surface area contributed by atoms with Gasteiger partial charge < -0.3 is 4.90 Å². The number of alkyl halides is 3. The lowest BCUT2D eigenvalue weighted by molar-refractivity contribution is -0.137. The molecule has 0 saturated carbocycles. The third kappa shape index (κ3) is 5.38. The number of nitrogens with zero attached hydrogens (tertiary/aromatic N) is 1. The van der Waals surface area contributed by atoms with Crippen molar-refractivity contribution < 1.29 is 13.2 Å². The zero-order chi connectivity index (χ0) is 38.9. The molecule has 2 aliphatic rings. The molecule has 0 aromatic heterocycles. The Kier molecular flexibility index (Phi) is 7.92. The first-order valence-electron chi connectivity index (χ1n) is 19.3. The Morgan fingerprint density at radius 3 is 1.47 bits per heavy atom. The van der Waals surface area contributed by atoms with Crippen molar-refractivity contribution in [2.75, 3.05) is 4.90 Å². The highest BCUT2D eigenvalue weighted by Gasteiger charge is 2.47. The third-order valence-electron chi connectivity index (χ3n) is 12.2. The molecule has 276 valence electrons. The van der Waals surface area contributed by atoms with Crippen LogP contribution in [0.3, 0.4) is 0 Å². The molecule has 57 heavy (non-hydrogen) atoms. The van der Waals surface area contributed by atoms with Crippen molar-refractivity contribution in [3.63, 3.8) is 0 Å². The molecule has 8 aromatic rings. The lowest BCUT2D eigenvalue weighted by Crippen LogP contribution is -2.29. The molecule has 0 aliphatic heterocycles. The van der Waals surface area contributed by atoms with Crippen molar-refractivity contribution in [2.45, 2.75) is 30.9 Å². The first kappa shape index (κ1) is 34.8. The van der Waals surface area contributed by atoms with Gasteiger partial charge in [-0.2, -0.15) is 13.2 Å². The molecule has 2 aliphatic carbocycles. The first-order valence-corrected chi connectivity index (χ1v) is 19.3. The molecule has 0 bridgehead atoms. The number of anilines is 3. The van der Waals surface area contributed by atoms with Gasteiger partial charge in [-0.3, -0.25) is 0 Å². The second-order valence-corrected chi connectivity index (χ2v) is 15.6. The van der Waals surface area contributed by atoms with Crippen LogP contribution < -0.4 is 4.90 Å². The van der Waals surface area contributed by atoms with E-state index in [0.717, 1.165) is 61.6 Å². The quantitative estimate of drug-likeness (QED) is 0.164. The summed E-state index contributed by atoms with van der Waals surface area (Å²) in [5.41, 5.74) is 14.6. The molecule has 8 aromatic carbocycles. The summed E-state index contributed by atoms with van der Waals surface area (Å²) in [6, 6.07) is 65.5. The predicted octanol–water partition coefficient (Wildman–Crippen LogP) is 14.5. The molecule has 0 radical (unpaired) electrons. The highest BCUT2D eigenvalue weighted by atomic mass is 19.4. The van der Waals surface area contributed by atoms with Crippen LogP contribution in [0.2, 0.25) is 0 Å². The number of halogens is 3. The van der Waals surface area contributed by atoms with E-state index in [2.05, 4.69) is 152 Å². The van der Waals surface area contributed by atoms with Gasteiger partial charge in [0, 0.05) is 22.5 Å². The van der Waals surface area contributed by atoms with E-state index in [1.165, 1.54) is 34.4 Å². The maximum Gasteiger partial charge on any atom is 0.416 e. The van der Waals surface area contributed by atoms with Crippen LogP contribution in [-0.2, 0) is 17.0 Å². The molecule has 1 unspecified atom stereocenters. The van der Waals surface area contributed by atoms with Crippen LogP contribution in [0.5, 0.6) is 0 Å². The zero-order valence-corrected chi connectivity index (χ0v) is 31.6. The average Bonchev–Trinajstić information content (AvgIpc) is 3.67. The number of rotatable bonds is 6. The topological polar surface area (TPSA) is 3.24 Å². The van der Waals surface area contributed by atoms with E-state index < -0.39 is 17.2 Å². The smallest absolute Gasteiger partial charge is 0.310 e. The Balaban J connectivity index is 1.21. The van der Waals surface area contributed by atoms with Gasteiger partial charge in [-0.25, -0.2) is 0 Å². The van der Waals surface area contributed by atoms with E-state index in [-0.39, 0.29) is 5.41 Å². The van der Waals surface area contributed by atoms with Crippen molar-refractivity contribution in [2.24, 2.45) is 0 Å². The first-order chi connectivity index (χ1) is 27.7. The summed E-state index contributed by atoms with van der Waals surface area (Å²) in [7, 11) is 0. The molecule has 0 amide bonds. The van der Waals surface area contributed by atoms with E-state index in [9.17, 15) is 13.2 Å². The van der Waals surface area contributed by atoms with Crippen molar-refractivity contribution in [3.8, 4) is 33.4 Å². The summed E-state index contributed by atoms with van der Waals surface area (Å²) in [5, 5.41) is 0. The molecule has 0 N–H and O–H groups in total. The summed E-state index contributed by atoms with van der Waals surface area (Å²) in [5.74, 6) is 0. The minimum Gasteiger partial charge on any atom is -0.310 e. The maximum atomic E-state index is 14.0. The van der Waals surface area contributed by atoms with Gasteiger partial charge in [-0.05, 0) is 115 Å². The van der Waals surface area contributed by atoms with Crippen LogP contribution in [0.1, 0.15) is 52.8 Å². The summed E-state index contributed by atoms with van der Waals surface area (Å²) >= 11 is 0. The van der Waals surface area contributed by atoms with Gasteiger partial charge in [0.2, 0.25) is 0 Å². The van der Waals surface area contributed by atoms with Crippen LogP contribution in [0.25, 0.3) is 33.4 Å². The van der Waals surface area contributed by atoms with Crippen LogP contribution in [0, 0.1) is 0 Å². The SMILES string of the molecule is CC1(C)c2ccccc2-c2ccc(N(c3ccc(-c4ccccc4)cc3)c3ccc4c(c3)C(c3ccccc3)(c3ccc(C(F)(F)F)cc3)c3ccccc3-4)cc21. The fraction of sp³-hybridized carbons (Fsp3) is 0.0943. The Hall–Kier alpha value is -6.65. The molecule has 1 atom stereocenters. The second kappa shape index (κ2) is 13.0.